The van der Waals surface area contributed by atoms with Crippen LogP contribution < -0.4 is 5.32 Å². The average molecular weight is 629 g/mol. The third kappa shape index (κ3) is 9.48. The fraction of sp³-hybridized carbons (Fsp3) is 0.474. The molecule has 2 aliphatic rings. The number of benzene rings is 3. The Morgan fingerprint density at radius 2 is 1.52 bits per heavy atom. The minimum absolute atomic E-state index is 0.00760. The van der Waals surface area contributed by atoms with E-state index in [2.05, 4.69) is 59.6 Å². The van der Waals surface area contributed by atoms with Crippen molar-refractivity contribution in [2.45, 2.75) is 89.9 Å². The number of aliphatic hydroxyl groups excluding tert-OH is 1. The van der Waals surface area contributed by atoms with E-state index >= 15 is 0 Å². The summed E-state index contributed by atoms with van der Waals surface area (Å²) in [7, 11) is 0. The van der Waals surface area contributed by atoms with Crippen LogP contribution in [-0.4, -0.2) is 52.7 Å². The van der Waals surface area contributed by atoms with Crippen molar-refractivity contribution in [1.82, 2.24) is 10.2 Å². The lowest BCUT2D eigenvalue weighted by Crippen LogP contribution is -2.45. The Morgan fingerprint density at radius 3 is 2.22 bits per heavy atom. The fourth-order valence-corrected chi connectivity index (χ4v) is 6.46. The van der Waals surface area contributed by atoms with E-state index in [4.69, 9.17) is 14.6 Å². The molecular weight excluding hydrogens is 580 g/mol. The maximum Gasteiger partial charge on any atom is 0.303 e. The standard InChI is InChI=1S/C38H48N2O6/c1-27-34(25-40-21-5-3-2-4-6-22-40)45-38(46-37(27)31-15-13-28(26-41)14-16-31)32-19-17-30(18-20-32)33-10-7-9-29(23-33)24-39-35(42)11-8-12-36(43)44/h7,9-10,13-20,23,27,34,37-38,41H,2-6,8,11-12,21-22,24-26H2,1H3,(H,39,42)(H,43,44)/t27-,34+,37+,38+/m1/s1. The van der Waals surface area contributed by atoms with E-state index in [1.165, 1.54) is 32.1 Å². The minimum atomic E-state index is -0.890. The lowest BCUT2D eigenvalue weighted by atomic mass is 9.89. The molecule has 3 aromatic carbocycles. The maximum absolute atomic E-state index is 12.1. The molecule has 5 rings (SSSR count). The van der Waals surface area contributed by atoms with Gasteiger partial charge in [-0.2, -0.15) is 0 Å². The van der Waals surface area contributed by atoms with Crippen LogP contribution in [0.25, 0.3) is 11.1 Å². The highest BCUT2D eigenvalue weighted by Gasteiger charge is 2.39. The van der Waals surface area contributed by atoms with Crippen molar-refractivity contribution in [3.63, 3.8) is 0 Å². The van der Waals surface area contributed by atoms with Gasteiger partial charge < -0.3 is 29.9 Å². The molecular formula is C38H48N2O6. The molecule has 0 unspecified atom stereocenters. The number of carboxylic acids is 1. The van der Waals surface area contributed by atoms with E-state index in [9.17, 15) is 14.7 Å². The average Bonchev–Trinajstić information content (AvgIpc) is 3.06. The first kappa shape index (κ1) is 33.8. The topological polar surface area (TPSA) is 108 Å². The summed E-state index contributed by atoms with van der Waals surface area (Å²) in [5, 5.41) is 21.2. The number of nitrogens with one attached hydrogen (secondary N) is 1. The van der Waals surface area contributed by atoms with Gasteiger partial charge in [0.05, 0.1) is 18.8 Å². The molecule has 3 N–H and O–H groups in total. The third-order valence-electron chi connectivity index (χ3n) is 9.24. The first-order chi connectivity index (χ1) is 22.4. The second-order valence-corrected chi connectivity index (χ2v) is 12.7. The third-order valence-corrected chi connectivity index (χ3v) is 9.24. The van der Waals surface area contributed by atoms with E-state index in [0.29, 0.717) is 13.0 Å². The first-order valence-corrected chi connectivity index (χ1v) is 16.8. The number of rotatable bonds is 12. The summed E-state index contributed by atoms with van der Waals surface area (Å²) in [4.78, 5) is 25.4. The van der Waals surface area contributed by atoms with Gasteiger partial charge in [-0.3, -0.25) is 9.59 Å². The van der Waals surface area contributed by atoms with Crippen LogP contribution in [0.2, 0.25) is 0 Å². The number of hydrogen-bond acceptors (Lipinski definition) is 6. The molecule has 8 heteroatoms. The maximum atomic E-state index is 12.1. The normalized spacial score (nSPS) is 22.5. The van der Waals surface area contributed by atoms with Crippen molar-refractivity contribution in [3.05, 3.63) is 95.1 Å². The molecule has 2 heterocycles. The van der Waals surface area contributed by atoms with Gasteiger partial charge in [0.15, 0.2) is 6.29 Å². The highest BCUT2D eigenvalue weighted by atomic mass is 16.7. The quantitative estimate of drug-likeness (QED) is 0.203. The molecule has 0 aliphatic carbocycles. The monoisotopic (exact) mass is 628 g/mol. The van der Waals surface area contributed by atoms with E-state index < -0.39 is 12.3 Å². The van der Waals surface area contributed by atoms with Gasteiger partial charge in [0.1, 0.15) is 0 Å². The molecule has 0 aromatic heterocycles. The van der Waals surface area contributed by atoms with Crippen LogP contribution in [0.5, 0.6) is 0 Å². The highest BCUT2D eigenvalue weighted by Crippen LogP contribution is 2.42. The van der Waals surface area contributed by atoms with Crippen LogP contribution >= 0.6 is 0 Å². The number of aliphatic hydroxyl groups is 1. The molecule has 0 spiro atoms. The van der Waals surface area contributed by atoms with E-state index in [1.54, 1.807) is 0 Å². The SMILES string of the molecule is C[C@@H]1[C@H](CN2CCCCCCC2)O[C@H](c2ccc(-c3cccc(CNC(=O)CCCC(=O)O)c3)cc2)O[C@@H]1c1ccc(CO)cc1. The summed E-state index contributed by atoms with van der Waals surface area (Å²) in [6, 6.07) is 24.5. The molecule has 0 radical (unpaired) electrons. The van der Waals surface area contributed by atoms with Crippen molar-refractivity contribution < 1.29 is 29.3 Å². The first-order valence-electron chi connectivity index (χ1n) is 16.8. The molecule has 8 nitrogen and oxygen atoms in total. The fourth-order valence-electron chi connectivity index (χ4n) is 6.46. The largest absolute Gasteiger partial charge is 0.481 e. The van der Waals surface area contributed by atoms with Gasteiger partial charge in [0.25, 0.3) is 0 Å². The van der Waals surface area contributed by atoms with Crippen molar-refractivity contribution in [2.75, 3.05) is 19.6 Å². The highest BCUT2D eigenvalue weighted by molar-refractivity contribution is 5.76. The van der Waals surface area contributed by atoms with Gasteiger partial charge >= 0.3 is 5.97 Å². The van der Waals surface area contributed by atoms with Crippen LogP contribution in [-0.2, 0) is 32.2 Å². The number of carboxylic acid groups (broad SMARTS) is 1. The van der Waals surface area contributed by atoms with Crippen molar-refractivity contribution in [3.8, 4) is 11.1 Å². The molecule has 0 bridgehead atoms. The van der Waals surface area contributed by atoms with Crippen molar-refractivity contribution in [1.29, 1.82) is 0 Å². The van der Waals surface area contributed by atoms with Crippen molar-refractivity contribution >= 4 is 11.9 Å². The molecule has 0 saturated carbocycles. The van der Waals surface area contributed by atoms with Gasteiger partial charge in [-0.05, 0) is 66.2 Å². The zero-order valence-electron chi connectivity index (χ0n) is 26.9. The summed E-state index contributed by atoms with van der Waals surface area (Å²) in [6.45, 7) is 5.73. The molecule has 2 fully saturated rings. The van der Waals surface area contributed by atoms with E-state index in [-0.39, 0.29) is 43.5 Å². The lowest BCUT2D eigenvalue weighted by molar-refractivity contribution is -0.276. The van der Waals surface area contributed by atoms with Gasteiger partial charge in [0.2, 0.25) is 5.91 Å². The summed E-state index contributed by atoms with van der Waals surface area (Å²) >= 11 is 0. The number of amides is 1. The lowest BCUT2D eigenvalue weighted by Gasteiger charge is -2.43. The Hall–Kier alpha value is -3.56. The van der Waals surface area contributed by atoms with Gasteiger partial charge in [0, 0.05) is 37.4 Å². The number of carbonyl (C=O) groups is 2. The molecule has 246 valence electrons. The number of hydrogen-bond donors (Lipinski definition) is 3. The van der Waals surface area contributed by atoms with Crippen LogP contribution in [0.15, 0.2) is 72.8 Å². The van der Waals surface area contributed by atoms with Crippen LogP contribution in [0.1, 0.15) is 92.9 Å². The Morgan fingerprint density at radius 1 is 0.826 bits per heavy atom. The Bertz CT molecular complexity index is 1400. The predicted molar refractivity (Wildman–Crippen MR) is 178 cm³/mol. The smallest absolute Gasteiger partial charge is 0.303 e. The number of carbonyl (C=O) groups excluding carboxylic acids is 1. The summed E-state index contributed by atoms with van der Waals surface area (Å²) in [5.74, 6) is -0.884. The van der Waals surface area contributed by atoms with E-state index in [1.807, 2.05) is 30.3 Å². The number of aliphatic carboxylic acids is 1. The second kappa shape index (κ2) is 16.8. The second-order valence-electron chi connectivity index (χ2n) is 12.7. The van der Waals surface area contributed by atoms with Gasteiger partial charge in [-0.1, -0.05) is 92.9 Å². The van der Waals surface area contributed by atoms with Gasteiger partial charge in [-0.15, -0.1) is 0 Å². The number of likely N-dealkylation sites (tertiary alicyclic amines) is 1. The zero-order chi connectivity index (χ0) is 32.3. The van der Waals surface area contributed by atoms with Gasteiger partial charge in [-0.25, -0.2) is 0 Å². The Labute approximate surface area is 272 Å². The van der Waals surface area contributed by atoms with E-state index in [0.717, 1.165) is 53.0 Å². The summed E-state index contributed by atoms with van der Waals surface area (Å²) in [5.41, 5.74) is 6.02. The van der Waals surface area contributed by atoms with Crippen LogP contribution in [0.4, 0.5) is 0 Å². The van der Waals surface area contributed by atoms with Crippen LogP contribution in [0, 0.1) is 5.92 Å². The molecule has 2 aliphatic heterocycles. The predicted octanol–water partition coefficient (Wildman–Crippen LogP) is 6.77. The molecule has 4 atom stereocenters. The molecule has 2 saturated heterocycles. The molecule has 3 aromatic rings. The number of ether oxygens (including phenoxy) is 2. The zero-order valence-corrected chi connectivity index (χ0v) is 26.9. The summed E-state index contributed by atoms with van der Waals surface area (Å²) in [6.07, 6.45) is 6.27. The summed E-state index contributed by atoms with van der Waals surface area (Å²) < 4.78 is 13.4. The molecule has 1 amide bonds. The Balaban J connectivity index is 1.29. The Kier molecular flexibility index (Phi) is 12.4. The van der Waals surface area contributed by atoms with Crippen molar-refractivity contribution in [2.24, 2.45) is 5.92 Å². The molecule has 46 heavy (non-hydrogen) atoms. The minimum Gasteiger partial charge on any atom is -0.481 e. The number of nitrogens with zero attached hydrogens (tertiary/aromatic N) is 1. The van der Waals surface area contributed by atoms with Crippen LogP contribution in [0.3, 0.4) is 0 Å².